The zero-order chi connectivity index (χ0) is 40.0. The van der Waals surface area contributed by atoms with Crippen LogP contribution in [0.15, 0.2) is 109 Å². The monoisotopic (exact) mass is 884 g/mol. The molecule has 0 saturated heterocycles. The number of nitrogens with one attached hydrogen (secondary N) is 1. The molecule has 0 unspecified atom stereocenters. The Morgan fingerprint density at radius 1 is 0.793 bits per heavy atom. The molecule has 0 fully saturated rings. The number of fused-ring (bicyclic) bond motifs is 2. The van der Waals surface area contributed by atoms with Crippen molar-refractivity contribution in [2.24, 2.45) is 15.2 Å². The van der Waals surface area contributed by atoms with Crippen molar-refractivity contribution in [2.75, 3.05) is 5.32 Å². The molecule has 0 bridgehead atoms. The van der Waals surface area contributed by atoms with E-state index in [9.17, 15) is 57.9 Å². The van der Waals surface area contributed by atoms with Crippen LogP contribution in [-0.2, 0) is 36.9 Å². The third kappa shape index (κ3) is 10.4. The number of aromatic nitrogens is 2. The topological polar surface area (TPSA) is 287 Å². The SMILES string of the molecule is O=S(=O)([O-])c1ccc(N=C([O-])c2ccccc2)c2c([O-])c(N=Nc3ccc4c(CNc5nc(F)nc(F)c5Cl)cccc4c3S(=O)(=O)O)c(S(=O)(=O)O)cc12.[Li+].[Na+].[Na+]. The minimum Gasteiger partial charge on any atom is -0.870 e. The van der Waals surface area contributed by atoms with Crippen LogP contribution in [0.2, 0.25) is 5.02 Å². The normalized spacial score (nSPS) is 12.2. The largest absolute Gasteiger partial charge is 1.00 e. The first-order chi connectivity index (χ1) is 25.8. The van der Waals surface area contributed by atoms with Gasteiger partial charge in [0.25, 0.3) is 20.2 Å². The van der Waals surface area contributed by atoms with Crippen LogP contribution >= 0.6 is 11.6 Å². The van der Waals surface area contributed by atoms with E-state index in [-0.39, 0.29) is 106 Å². The van der Waals surface area contributed by atoms with Gasteiger partial charge >= 0.3 is 84.1 Å². The third-order valence-corrected chi connectivity index (χ3v) is 10.8. The smallest absolute Gasteiger partial charge is 0.870 e. The molecule has 0 aliphatic heterocycles. The molecule has 0 radical (unpaired) electrons. The van der Waals surface area contributed by atoms with Crippen molar-refractivity contribution >= 4 is 92.3 Å². The van der Waals surface area contributed by atoms with Crippen molar-refractivity contribution in [1.82, 2.24) is 9.97 Å². The molecule has 17 nitrogen and oxygen atoms in total. The summed E-state index contributed by atoms with van der Waals surface area (Å²) in [7, 11) is -16.2. The van der Waals surface area contributed by atoms with Gasteiger partial charge in [-0.1, -0.05) is 71.9 Å². The molecular weight excluding hydrogens is 867 g/mol. The van der Waals surface area contributed by atoms with E-state index >= 15 is 0 Å². The summed E-state index contributed by atoms with van der Waals surface area (Å²) in [5.41, 5.74) is -2.19. The first-order valence-electron chi connectivity index (χ1n) is 14.9. The Balaban J connectivity index is 0.00000300. The molecule has 3 N–H and O–H groups in total. The van der Waals surface area contributed by atoms with Gasteiger partial charge in [0.15, 0.2) is 5.82 Å². The van der Waals surface area contributed by atoms with Crippen molar-refractivity contribution in [1.29, 1.82) is 0 Å². The zero-order valence-electron chi connectivity index (χ0n) is 29.9. The summed E-state index contributed by atoms with van der Waals surface area (Å²) in [5, 5.41) is 34.4. The summed E-state index contributed by atoms with van der Waals surface area (Å²) in [4.78, 5) is 6.66. The molecule has 58 heavy (non-hydrogen) atoms. The fourth-order valence-electron chi connectivity index (χ4n) is 5.44. The molecule has 0 aliphatic rings. The minimum absolute atomic E-state index is 0. The van der Waals surface area contributed by atoms with Gasteiger partial charge in [0, 0.05) is 22.7 Å². The second-order valence-corrected chi connectivity index (χ2v) is 15.6. The minimum atomic E-state index is -5.50. The Kier molecular flexibility index (Phi) is 16.2. The molecule has 6 rings (SSSR count). The van der Waals surface area contributed by atoms with E-state index < -0.39 is 107 Å². The van der Waals surface area contributed by atoms with Crippen LogP contribution in [0, 0.1) is 12.0 Å². The standard InChI is InChI=1S/C32H21ClF2N6O11S3.Li.2Na/c33-25-29(34)38-32(35)39-30(25)36-14-16-7-4-8-18-17(16)9-10-21(28(18)55(50,51)52)40-41-26-23(54(47,48)49)13-19-22(53(44,45)46)12-11-20(24(19)27(26)42)37-31(43)15-5-2-1-3-6-15;;;/h1-13,42H,14H2,(H,37,43)(H,36,38,39)(H,44,45,46)(H,47,48,49)(H,50,51,52);;;/q;3*+1/p-3. The number of benzene rings is 5. The summed E-state index contributed by atoms with van der Waals surface area (Å²) < 4.78 is 135. The second-order valence-electron chi connectivity index (χ2n) is 11.2. The van der Waals surface area contributed by atoms with Crippen LogP contribution in [0.3, 0.4) is 0 Å². The Bertz CT molecular complexity index is 2990. The molecule has 0 amide bonds. The summed E-state index contributed by atoms with van der Waals surface area (Å²) in [5.74, 6) is -4.25. The maximum Gasteiger partial charge on any atom is 1.00 e. The van der Waals surface area contributed by atoms with Crippen molar-refractivity contribution < 1.29 is 136 Å². The summed E-state index contributed by atoms with van der Waals surface area (Å²) in [6, 6.07) is 15.5. The van der Waals surface area contributed by atoms with Gasteiger partial charge in [-0.15, -0.1) is 10.2 Å². The zero-order valence-corrected chi connectivity index (χ0v) is 37.1. The van der Waals surface area contributed by atoms with Crippen LogP contribution in [0.4, 0.5) is 31.7 Å². The van der Waals surface area contributed by atoms with Gasteiger partial charge in [-0.2, -0.15) is 35.6 Å². The van der Waals surface area contributed by atoms with Gasteiger partial charge in [-0.3, -0.25) is 14.1 Å². The fraction of sp³-hybridized carbons (Fsp3) is 0.0312. The average molecular weight is 885 g/mol. The maximum atomic E-state index is 14.0. The first-order valence-corrected chi connectivity index (χ1v) is 19.5. The number of halogens is 3. The molecule has 0 aliphatic carbocycles. The first kappa shape index (κ1) is 49.2. The van der Waals surface area contributed by atoms with Crippen molar-refractivity contribution in [3.8, 4) is 5.75 Å². The Hall–Kier alpha value is -3.15. The fourth-order valence-corrected chi connectivity index (χ4v) is 7.73. The Morgan fingerprint density at radius 3 is 2.07 bits per heavy atom. The molecular formula is C32H18ClF2LiN6Na2O11S3. The summed E-state index contributed by atoms with van der Waals surface area (Å²) in [6.45, 7) is -0.270. The van der Waals surface area contributed by atoms with E-state index in [0.717, 1.165) is 12.1 Å². The number of hydrogen-bond acceptors (Lipinski definition) is 15. The maximum absolute atomic E-state index is 14.0. The van der Waals surface area contributed by atoms with Gasteiger partial charge in [-0.25, -0.2) is 8.42 Å². The number of anilines is 1. The molecule has 284 valence electrons. The molecule has 5 aromatic carbocycles. The quantitative estimate of drug-likeness (QED) is 0.0223. The van der Waals surface area contributed by atoms with E-state index in [1.807, 2.05) is 0 Å². The van der Waals surface area contributed by atoms with E-state index in [4.69, 9.17) is 11.6 Å². The Labute approximate surface area is 388 Å². The van der Waals surface area contributed by atoms with E-state index in [1.165, 1.54) is 48.5 Å². The van der Waals surface area contributed by atoms with Crippen LogP contribution < -0.4 is 93.5 Å². The van der Waals surface area contributed by atoms with Gasteiger partial charge in [0.2, 0.25) is 5.95 Å². The predicted octanol–water partition coefficient (Wildman–Crippen LogP) is -4.34. The van der Waals surface area contributed by atoms with Crippen LogP contribution in [0.25, 0.3) is 21.5 Å². The van der Waals surface area contributed by atoms with Crippen molar-refractivity contribution in [2.45, 2.75) is 21.2 Å². The van der Waals surface area contributed by atoms with E-state index in [2.05, 4.69) is 30.5 Å². The number of hydrogen-bond donors (Lipinski definition) is 3. The van der Waals surface area contributed by atoms with Crippen molar-refractivity contribution in [3.05, 3.63) is 107 Å². The van der Waals surface area contributed by atoms with Gasteiger partial charge in [0.1, 0.15) is 30.6 Å². The molecule has 1 aromatic heterocycles. The van der Waals surface area contributed by atoms with Gasteiger partial charge in [-0.05, 0) is 46.7 Å². The Morgan fingerprint density at radius 2 is 1.45 bits per heavy atom. The molecule has 0 atom stereocenters. The predicted molar refractivity (Wildman–Crippen MR) is 186 cm³/mol. The van der Waals surface area contributed by atoms with E-state index in [1.54, 1.807) is 6.07 Å². The number of rotatable bonds is 10. The summed E-state index contributed by atoms with van der Waals surface area (Å²) >= 11 is 5.81. The molecule has 0 spiro atoms. The average Bonchev–Trinajstić information content (AvgIpc) is 3.10. The van der Waals surface area contributed by atoms with Gasteiger partial charge < -0.3 is 20.1 Å². The summed E-state index contributed by atoms with van der Waals surface area (Å²) in [6.07, 6.45) is -1.43. The number of aliphatic imine (C=N–C) groups is 1. The molecule has 1 heterocycles. The van der Waals surface area contributed by atoms with Crippen LogP contribution in [0.1, 0.15) is 11.1 Å². The van der Waals surface area contributed by atoms with Crippen LogP contribution in [0.5, 0.6) is 5.75 Å². The van der Waals surface area contributed by atoms with Crippen molar-refractivity contribution in [3.63, 3.8) is 0 Å². The molecule has 26 heteroatoms. The number of nitrogens with zero attached hydrogens (tertiary/aromatic N) is 5. The number of azo groups is 1. The van der Waals surface area contributed by atoms with E-state index in [0.29, 0.717) is 12.1 Å². The van der Waals surface area contributed by atoms with Crippen LogP contribution in [-0.4, -0.2) is 54.8 Å². The van der Waals surface area contributed by atoms with Gasteiger partial charge in [0.05, 0.1) is 16.3 Å². The molecule has 0 saturated carbocycles. The second kappa shape index (κ2) is 19.1. The molecule has 6 aromatic rings. The third-order valence-electron chi connectivity index (χ3n) is 7.75.